The highest BCUT2D eigenvalue weighted by Crippen LogP contribution is 2.13. The minimum Gasteiger partial charge on any atom is -0.493 e. The van der Waals surface area contributed by atoms with Crippen LogP contribution in [-0.2, 0) is 16.0 Å². The molecule has 1 aromatic rings. The first-order chi connectivity index (χ1) is 8.76. The zero-order valence-electron chi connectivity index (χ0n) is 10.9. The van der Waals surface area contributed by atoms with E-state index >= 15 is 0 Å². The lowest BCUT2D eigenvalue weighted by atomic mass is 10.1. The third kappa shape index (κ3) is 5.53. The van der Waals surface area contributed by atoms with Crippen molar-refractivity contribution in [1.29, 1.82) is 0 Å². The lowest BCUT2D eigenvalue weighted by molar-refractivity contribution is -0.137. The van der Waals surface area contributed by atoms with Gasteiger partial charge in [0, 0.05) is 12.5 Å². The predicted molar refractivity (Wildman–Crippen MR) is 71.7 cm³/mol. The number of benzene rings is 1. The summed E-state index contributed by atoms with van der Waals surface area (Å²) in [5.74, 6) is 0.462. The first-order valence-electron chi connectivity index (χ1n) is 6.27. The van der Waals surface area contributed by atoms with E-state index in [0.29, 0.717) is 19.6 Å². The minimum atomic E-state index is -0.390. The number of hydrogen-bond donors (Lipinski definition) is 0. The van der Waals surface area contributed by atoms with Crippen LogP contribution in [0.5, 0.6) is 5.75 Å². The van der Waals surface area contributed by atoms with Crippen molar-refractivity contribution in [3.05, 3.63) is 42.5 Å². The van der Waals surface area contributed by atoms with Crippen molar-refractivity contribution in [3.8, 4) is 5.75 Å². The van der Waals surface area contributed by atoms with E-state index in [1.165, 1.54) is 5.56 Å². The Balaban J connectivity index is 2.19. The van der Waals surface area contributed by atoms with Crippen LogP contribution in [-0.4, -0.2) is 19.2 Å². The highest BCUT2D eigenvalue weighted by atomic mass is 16.5. The SMILES string of the molecule is C=CC(=O)OCCCOc1ccc(CCC)cc1. The van der Waals surface area contributed by atoms with Crippen molar-refractivity contribution in [1.82, 2.24) is 0 Å². The van der Waals surface area contributed by atoms with Gasteiger partial charge in [0.2, 0.25) is 0 Å². The monoisotopic (exact) mass is 248 g/mol. The van der Waals surface area contributed by atoms with Gasteiger partial charge in [-0.15, -0.1) is 0 Å². The summed E-state index contributed by atoms with van der Waals surface area (Å²) in [6.45, 7) is 6.39. The lowest BCUT2D eigenvalue weighted by Crippen LogP contribution is -2.06. The number of carbonyl (C=O) groups is 1. The second-order valence-corrected chi connectivity index (χ2v) is 3.97. The van der Waals surface area contributed by atoms with E-state index in [2.05, 4.69) is 25.6 Å². The van der Waals surface area contributed by atoms with Gasteiger partial charge in [-0.2, -0.15) is 0 Å². The molecule has 0 spiro atoms. The van der Waals surface area contributed by atoms with Crippen molar-refractivity contribution >= 4 is 5.97 Å². The molecular formula is C15H20O3. The minimum absolute atomic E-state index is 0.360. The quantitative estimate of drug-likeness (QED) is 0.403. The number of esters is 1. The normalized spacial score (nSPS) is 9.83. The molecule has 1 rings (SSSR count). The van der Waals surface area contributed by atoms with Gasteiger partial charge in [-0.05, 0) is 24.1 Å². The Morgan fingerprint density at radius 2 is 2.00 bits per heavy atom. The van der Waals surface area contributed by atoms with Gasteiger partial charge in [-0.3, -0.25) is 0 Å². The van der Waals surface area contributed by atoms with Crippen molar-refractivity contribution in [2.24, 2.45) is 0 Å². The van der Waals surface area contributed by atoms with Crippen LogP contribution in [0.3, 0.4) is 0 Å². The Hall–Kier alpha value is -1.77. The van der Waals surface area contributed by atoms with Crippen LogP contribution in [0.2, 0.25) is 0 Å². The zero-order chi connectivity index (χ0) is 13.2. The Morgan fingerprint density at radius 1 is 1.28 bits per heavy atom. The van der Waals surface area contributed by atoms with Crippen molar-refractivity contribution in [2.45, 2.75) is 26.2 Å². The lowest BCUT2D eigenvalue weighted by Gasteiger charge is -2.07. The standard InChI is InChI=1S/C15H20O3/c1-3-6-13-7-9-14(10-8-13)17-11-5-12-18-15(16)4-2/h4,7-10H,2-3,5-6,11-12H2,1H3. The van der Waals surface area contributed by atoms with E-state index in [1.54, 1.807) is 0 Å². The number of ether oxygens (including phenoxy) is 2. The van der Waals surface area contributed by atoms with Crippen LogP contribution in [0, 0.1) is 0 Å². The molecule has 0 saturated heterocycles. The van der Waals surface area contributed by atoms with Crippen LogP contribution in [0.1, 0.15) is 25.3 Å². The number of rotatable bonds is 8. The molecule has 0 aliphatic heterocycles. The van der Waals surface area contributed by atoms with Crippen LogP contribution >= 0.6 is 0 Å². The Bertz CT molecular complexity index is 368. The molecule has 0 atom stereocenters. The summed E-state index contributed by atoms with van der Waals surface area (Å²) >= 11 is 0. The third-order valence-corrected chi connectivity index (χ3v) is 2.43. The maximum absolute atomic E-state index is 10.8. The van der Waals surface area contributed by atoms with E-state index in [1.807, 2.05) is 12.1 Å². The van der Waals surface area contributed by atoms with Crippen LogP contribution in [0.25, 0.3) is 0 Å². The molecule has 0 aliphatic carbocycles. The molecule has 0 heterocycles. The van der Waals surface area contributed by atoms with E-state index in [-0.39, 0.29) is 5.97 Å². The first kappa shape index (κ1) is 14.3. The molecular weight excluding hydrogens is 228 g/mol. The van der Waals surface area contributed by atoms with Crippen LogP contribution in [0.15, 0.2) is 36.9 Å². The predicted octanol–water partition coefficient (Wildman–Crippen LogP) is 3.14. The van der Waals surface area contributed by atoms with Gasteiger partial charge in [-0.1, -0.05) is 32.1 Å². The van der Waals surface area contributed by atoms with Crippen molar-refractivity contribution < 1.29 is 14.3 Å². The van der Waals surface area contributed by atoms with Gasteiger partial charge in [0.25, 0.3) is 0 Å². The Labute approximate surface area is 108 Å². The van der Waals surface area contributed by atoms with Gasteiger partial charge < -0.3 is 9.47 Å². The highest BCUT2D eigenvalue weighted by Gasteiger charge is 1.97. The van der Waals surface area contributed by atoms with E-state index < -0.39 is 0 Å². The molecule has 0 amide bonds. The Kier molecular flexibility index (Phi) is 6.62. The molecule has 1 aromatic carbocycles. The van der Waals surface area contributed by atoms with Crippen LogP contribution < -0.4 is 4.74 Å². The average molecular weight is 248 g/mol. The van der Waals surface area contributed by atoms with E-state index in [4.69, 9.17) is 9.47 Å². The number of carbonyl (C=O) groups excluding carboxylic acids is 1. The second-order valence-electron chi connectivity index (χ2n) is 3.97. The maximum atomic E-state index is 10.8. The molecule has 0 unspecified atom stereocenters. The molecule has 0 aliphatic rings. The van der Waals surface area contributed by atoms with Gasteiger partial charge in [0.1, 0.15) is 5.75 Å². The summed E-state index contributed by atoms with van der Waals surface area (Å²) < 4.78 is 10.4. The van der Waals surface area contributed by atoms with Crippen molar-refractivity contribution in [3.63, 3.8) is 0 Å². The molecule has 0 radical (unpaired) electrons. The highest BCUT2D eigenvalue weighted by molar-refractivity contribution is 5.81. The molecule has 0 bridgehead atoms. The molecule has 0 N–H and O–H groups in total. The molecule has 0 aromatic heterocycles. The smallest absolute Gasteiger partial charge is 0.330 e. The summed E-state index contributed by atoms with van der Waals surface area (Å²) in [5, 5.41) is 0. The van der Waals surface area contributed by atoms with Gasteiger partial charge in [0.15, 0.2) is 0 Å². The maximum Gasteiger partial charge on any atom is 0.330 e. The molecule has 98 valence electrons. The molecule has 0 fully saturated rings. The summed E-state index contributed by atoms with van der Waals surface area (Å²) in [6.07, 6.45) is 4.08. The number of hydrogen-bond acceptors (Lipinski definition) is 3. The van der Waals surface area contributed by atoms with E-state index in [0.717, 1.165) is 24.7 Å². The summed E-state index contributed by atoms with van der Waals surface area (Å²) in [4.78, 5) is 10.8. The fourth-order valence-corrected chi connectivity index (χ4v) is 1.52. The molecule has 18 heavy (non-hydrogen) atoms. The third-order valence-electron chi connectivity index (χ3n) is 2.43. The Morgan fingerprint density at radius 3 is 2.61 bits per heavy atom. The van der Waals surface area contributed by atoms with Crippen LogP contribution in [0.4, 0.5) is 0 Å². The largest absolute Gasteiger partial charge is 0.493 e. The summed E-state index contributed by atoms with van der Waals surface area (Å²) in [5.41, 5.74) is 1.32. The first-order valence-corrected chi connectivity index (χ1v) is 6.27. The van der Waals surface area contributed by atoms with E-state index in [9.17, 15) is 4.79 Å². The second kappa shape index (κ2) is 8.34. The zero-order valence-corrected chi connectivity index (χ0v) is 10.9. The van der Waals surface area contributed by atoms with Gasteiger partial charge >= 0.3 is 5.97 Å². The average Bonchev–Trinajstić information content (AvgIpc) is 2.40. The summed E-state index contributed by atoms with van der Waals surface area (Å²) in [7, 11) is 0. The molecule has 3 nitrogen and oxygen atoms in total. The summed E-state index contributed by atoms with van der Waals surface area (Å²) in [6, 6.07) is 8.11. The topological polar surface area (TPSA) is 35.5 Å². The molecule has 0 saturated carbocycles. The van der Waals surface area contributed by atoms with Gasteiger partial charge in [-0.25, -0.2) is 4.79 Å². The molecule has 3 heteroatoms. The van der Waals surface area contributed by atoms with Gasteiger partial charge in [0.05, 0.1) is 13.2 Å². The van der Waals surface area contributed by atoms with Crippen molar-refractivity contribution in [2.75, 3.05) is 13.2 Å². The fourth-order valence-electron chi connectivity index (χ4n) is 1.52. The number of aryl methyl sites for hydroxylation is 1. The fraction of sp³-hybridized carbons (Fsp3) is 0.400.